The van der Waals surface area contributed by atoms with Gasteiger partial charge in [0.1, 0.15) is 17.0 Å². The summed E-state index contributed by atoms with van der Waals surface area (Å²) >= 11 is 1.09. The van der Waals surface area contributed by atoms with Gasteiger partial charge in [-0.25, -0.2) is 9.97 Å². The van der Waals surface area contributed by atoms with Gasteiger partial charge in [-0.05, 0) is 18.3 Å². The smallest absolute Gasteiger partial charge is 0.326 e. The van der Waals surface area contributed by atoms with E-state index in [1.807, 2.05) is 0 Å². The Hall–Kier alpha value is -1.80. The van der Waals surface area contributed by atoms with Gasteiger partial charge in [0, 0.05) is 31.7 Å². The van der Waals surface area contributed by atoms with Gasteiger partial charge < -0.3 is 10.2 Å². The number of fused-ring (bicyclic) bond motifs is 1. The van der Waals surface area contributed by atoms with Gasteiger partial charge in [-0.3, -0.25) is 10.1 Å². The summed E-state index contributed by atoms with van der Waals surface area (Å²) in [5.41, 5.74) is 0. The van der Waals surface area contributed by atoms with Crippen LogP contribution in [0.25, 0.3) is 10.2 Å². The molecule has 0 spiro atoms. The van der Waals surface area contributed by atoms with Crippen molar-refractivity contribution in [3.05, 3.63) is 22.5 Å². The number of nitrogens with one attached hydrogen (secondary N) is 1. The summed E-state index contributed by atoms with van der Waals surface area (Å²) in [6.45, 7) is 4.69. The molecule has 0 aliphatic carbocycles. The quantitative estimate of drug-likeness (QED) is 0.660. The Balaban J connectivity index is 2.05. The molecule has 100 valence electrons. The fourth-order valence-corrected chi connectivity index (χ4v) is 3.11. The molecule has 19 heavy (non-hydrogen) atoms. The second kappa shape index (κ2) is 4.71. The van der Waals surface area contributed by atoms with Crippen LogP contribution in [0.2, 0.25) is 0 Å². The molecule has 7 nitrogen and oxygen atoms in total. The van der Waals surface area contributed by atoms with Crippen LogP contribution in [-0.4, -0.2) is 40.6 Å². The van der Waals surface area contributed by atoms with E-state index in [0.29, 0.717) is 10.9 Å². The van der Waals surface area contributed by atoms with Crippen molar-refractivity contribution in [3.8, 4) is 0 Å². The van der Waals surface area contributed by atoms with E-state index in [2.05, 4.69) is 27.1 Å². The average Bonchev–Trinajstić information content (AvgIpc) is 2.82. The Morgan fingerprint density at radius 3 is 3.16 bits per heavy atom. The highest BCUT2D eigenvalue weighted by molar-refractivity contribution is 7.21. The zero-order valence-corrected chi connectivity index (χ0v) is 11.2. The first-order chi connectivity index (χ1) is 9.15. The molecule has 0 radical (unpaired) electrons. The number of hydrogen-bond donors (Lipinski definition) is 1. The summed E-state index contributed by atoms with van der Waals surface area (Å²) in [7, 11) is 0. The second-order valence-corrected chi connectivity index (χ2v) is 5.57. The first-order valence-corrected chi connectivity index (χ1v) is 6.84. The Bertz CT molecular complexity index is 629. The van der Waals surface area contributed by atoms with Gasteiger partial charge in [0.2, 0.25) is 0 Å². The minimum atomic E-state index is -0.378. The Kier molecular flexibility index (Phi) is 3.03. The predicted molar refractivity (Wildman–Crippen MR) is 73.7 cm³/mol. The van der Waals surface area contributed by atoms with Gasteiger partial charge >= 0.3 is 5.00 Å². The standard InChI is InChI=1S/C11H13N5O2S/c1-7-5-15(3-2-12-7)10-8-4-9(16(17)18)19-11(8)14-6-13-10/h4,6-7,12H,2-3,5H2,1H3/t7-/m1/s1. The number of piperazine rings is 1. The lowest BCUT2D eigenvalue weighted by Gasteiger charge is -2.32. The first kappa shape index (κ1) is 12.2. The molecular formula is C11H13N5O2S. The normalized spacial score (nSPS) is 19.8. The second-order valence-electron chi connectivity index (χ2n) is 4.56. The van der Waals surface area contributed by atoms with Gasteiger partial charge in [0.15, 0.2) is 0 Å². The maximum atomic E-state index is 10.9. The van der Waals surface area contributed by atoms with Crippen molar-refractivity contribution in [1.29, 1.82) is 0 Å². The molecule has 0 bridgehead atoms. The van der Waals surface area contributed by atoms with E-state index in [4.69, 9.17) is 0 Å². The van der Waals surface area contributed by atoms with Crippen LogP contribution in [0.5, 0.6) is 0 Å². The van der Waals surface area contributed by atoms with Crippen molar-refractivity contribution in [2.24, 2.45) is 0 Å². The largest absolute Gasteiger partial charge is 0.353 e. The minimum absolute atomic E-state index is 0.111. The Labute approximate surface area is 113 Å². The number of anilines is 1. The van der Waals surface area contributed by atoms with Crippen LogP contribution in [0, 0.1) is 10.1 Å². The van der Waals surface area contributed by atoms with Crippen LogP contribution in [0.1, 0.15) is 6.92 Å². The Morgan fingerprint density at radius 2 is 2.42 bits per heavy atom. The van der Waals surface area contributed by atoms with E-state index in [9.17, 15) is 10.1 Å². The van der Waals surface area contributed by atoms with Gasteiger partial charge in [-0.15, -0.1) is 0 Å². The third-order valence-corrected chi connectivity index (χ3v) is 4.14. The van der Waals surface area contributed by atoms with Crippen LogP contribution in [0.3, 0.4) is 0 Å². The molecule has 8 heteroatoms. The molecule has 3 rings (SSSR count). The highest BCUT2D eigenvalue weighted by atomic mass is 32.1. The molecule has 2 aromatic rings. The lowest BCUT2D eigenvalue weighted by molar-refractivity contribution is -0.380. The minimum Gasteiger partial charge on any atom is -0.353 e. The number of aromatic nitrogens is 2. The van der Waals surface area contributed by atoms with E-state index >= 15 is 0 Å². The molecule has 1 aliphatic rings. The highest BCUT2D eigenvalue weighted by Crippen LogP contribution is 2.34. The van der Waals surface area contributed by atoms with Gasteiger partial charge in [0.05, 0.1) is 10.3 Å². The third kappa shape index (κ3) is 2.24. The topological polar surface area (TPSA) is 84.2 Å². The average molecular weight is 279 g/mol. The molecule has 0 saturated carbocycles. The molecule has 0 aromatic carbocycles. The van der Waals surface area contributed by atoms with Crippen molar-refractivity contribution < 1.29 is 4.92 Å². The molecular weight excluding hydrogens is 266 g/mol. The van der Waals surface area contributed by atoms with E-state index in [1.165, 1.54) is 6.33 Å². The van der Waals surface area contributed by atoms with Crippen LogP contribution < -0.4 is 10.2 Å². The lowest BCUT2D eigenvalue weighted by Crippen LogP contribution is -2.49. The molecule has 0 amide bonds. The molecule has 2 aromatic heterocycles. The first-order valence-electron chi connectivity index (χ1n) is 6.02. The number of nitro groups is 1. The molecule has 3 heterocycles. The predicted octanol–water partition coefficient (Wildman–Crippen LogP) is 1.40. The number of thiophene rings is 1. The SMILES string of the molecule is C[C@@H]1CN(c2ncnc3sc([N+](=O)[O-])cc23)CCN1. The highest BCUT2D eigenvalue weighted by Gasteiger charge is 2.22. The monoisotopic (exact) mass is 279 g/mol. The summed E-state index contributed by atoms with van der Waals surface area (Å²) in [6.07, 6.45) is 1.48. The number of hydrogen-bond acceptors (Lipinski definition) is 7. The lowest BCUT2D eigenvalue weighted by atomic mass is 10.2. The molecule has 1 fully saturated rings. The van der Waals surface area contributed by atoms with Crippen molar-refractivity contribution in [3.63, 3.8) is 0 Å². The molecule has 0 unspecified atom stereocenters. The van der Waals surface area contributed by atoms with Crippen molar-refractivity contribution in [2.45, 2.75) is 13.0 Å². The van der Waals surface area contributed by atoms with E-state index in [-0.39, 0.29) is 9.92 Å². The van der Waals surface area contributed by atoms with Gasteiger partial charge in [0.25, 0.3) is 0 Å². The summed E-state index contributed by atoms with van der Waals surface area (Å²) < 4.78 is 0. The molecule has 1 atom stereocenters. The zero-order valence-electron chi connectivity index (χ0n) is 10.4. The summed E-state index contributed by atoms with van der Waals surface area (Å²) in [4.78, 5) is 21.7. The van der Waals surface area contributed by atoms with E-state index in [0.717, 1.165) is 42.2 Å². The fraction of sp³-hybridized carbons (Fsp3) is 0.455. The van der Waals surface area contributed by atoms with E-state index in [1.54, 1.807) is 6.07 Å². The van der Waals surface area contributed by atoms with Gasteiger partial charge in [-0.1, -0.05) is 0 Å². The molecule has 1 aliphatic heterocycles. The maximum Gasteiger partial charge on any atom is 0.326 e. The van der Waals surface area contributed by atoms with Crippen LogP contribution in [0.15, 0.2) is 12.4 Å². The summed E-state index contributed by atoms with van der Waals surface area (Å²) in [5, 5.41) is 15.1. The summed E-state index contributed by atoms with van der Waals surface area (Å²) in [6, 6.07) is 1.95. The van der Waals surface area contributed by atoms with Crippen molar-refractivity contribution in [1.82, 2.24) is 15.3 Å². The fourth-order valence-electron chi connectivity index (χ4n) is 2.30. The Morgan fingerprint density at radius 1 is 1.58 bits per heavy atom. The molecule has 1 saturated heterocycles. The number of nitrogens with zero attached hydrogens (tertiary/aromatic N) is 4. The molecule has 1 N–H and O–H groups in total. The zero-order chi connectivity index (χ0) is 13.4. The van der Waals surface area contributed by atoms with Crippen LogP contribution >= 0.6 is 11.3 Å². The van der Waals surface area contributed by atoms with E-state index < -0.39 is 0 Å². The van der Waals surface area contributed by atoms with Crippen molar-refractivity contribution in [2.75, 3.05) is 24.5 Å². The van der Waals surface area contributed by atoms with Crippen LogP contribution in [0.4, 0.5) is 10.8 Å². The van der Waals surface area contributed by atoms with Crippen LogP contribution in [-0.2, 0) is 0 Å². The number of rotatable bonds is 2. The summed E-state index contributed by atoms with van der Waals surface area (Å²) in [5.74, 6) is 0.794. The maximum absolute atomic E-state index is 10.9. The third-order valence-electron chi connectivity index (χ3n) is 3.14. The van der Waals surface area contributed by atoms with Crippen molar-refractivity contribution >= 4 is 32.4 Å². The van der Waals surface area contributed by atoms with Gasteiger partial charge in [-0.2, -0.15) is 0 Å².